The minimum atomic E-state index is -1.00. The van der Waals surface area contributed by atoms with Gasteiger partial charge in [-0.05, 0) is 80.9 Å². The van der Waals surface area contributed by atoms with Crippen molar-refractivity contribution in [3.05, 3.63) is 93.8 Å². The number of nitrogens with zero attached hydrogens (tertiary/aromatic N) is 2. The topological polar surface area (TPSA) is 83.9 Å². The Labute approximate surface area is 233 Å². The highest BCUT2D eigenvalue weighted by Gasteiger charge is 2.45. The third-order valence-corrected chi connectivity index (χ3v) is 8.11. The fourth-order valence-electron chi connectivity index (χ4n) is 5.79. The summed E-state index contributed by atoms with van der Waals surface area (Å²) in [5, 5.41) is 14.7. The van der Waals surface area contributed by atoms with Gasteiger partial charge in [-0.2, -0.15) is 0 Å². The van der Waals surface area contributed by atoms with Crippen LogP contribution in [0.3, 0.4) is 0 Å². The van der Waals surface area contributed by atoms with E-state index < -0.39 is 11.2 Å². The highest BCUT2D eigenvalue weighted by atomic mass is 35.5. The lowest BCUT2D eigenvalue weighted by Gasteiger charge is -2.44. The summed E-state index contributed by atoms with van der Waals surface area (Å²) in [7, 11) is 0. The summed E-state index contributed by atoms with van der Waals surface area (Å²) >= 11 is 6.41. The number of carbonyl (C=O) groups excluding carboxylic acids is 1. The minimum absolute atomic E-state index is 0.332. The van der Waals surface area contributed by atoms with Gasteiger partial charge < -0.3 is 19.9 Å². The van der Waals surface area contributed by atoms with E-state index in [-0.39, 0.29) is 6.09 Å². The van der Waals surface area contributed by atoms with Gasteiger partial charge >= 0.3 is 6.09 Å². The maximum Gasteiger partial charge on any atom is 0.415 e. The van der Waals surface area contributed by atoms with E-state index in [1.165, 1.54) is 0 Å². The van der Waals surface area contributed by atoms with Crippen LogP contribution >= 0.6 is 11.6 Å². The van der Waals surface area contributed by atoms with Crippen LogP contribution in [0.5, 0.6) is 5.75 Å². The molecule has 1 amide bonds. The molecular weight excluding hydrogens is 514 g/mol. The van der Waals surface area contributed by atoms with Crippen molar-refractivity contribution in [1.29, 1.82) is 0 Å². The molecule has 2 aromatic carbocycles. The maximum atomic E-state index is 13.4. The molecule has 8 heteroatoms. The first-order valence-electron chi connectivity index (χ1n) is 13.4. The van der Waals surface area contributed by atoms with Gasteiger partial charge in [0.1, 0.15) is 18.0 Å². The summed E-state index contributed by atoms with van der Waals surface area (Å²) in [4.78, 5) is 19.6. The number of aliphatic hydroxyl groups is 1. The molecule has 3 aromatic rings. The molecule has 0 saturated carbocycles. The van der Waals surface area contributed by atoms with Gasteiger partial charge in [0.05, 0.1) is 17.0 Å². The van der Waals surface area contributed by atoms with E-state index in [4.69, 9.17) is 21.1 Å². The number of aromatic nitrogens is 1. The summed E-state index contributed by atoms with van der Waals surface area (Å²) in [5.41, 5.74) is 4.65. The maximum absolute atomic E-state index is 13.4. The van der Waals surface area contributed by atoms with Crippen molar-refractivity contribution in [3.8, 4) is 5.75 Å². The first kappa shape index (κ1) is 25.9. The number of nitrogens with one attached hydrogen (secondary N) is 1. The number of piperidine rings is 1. The second-order valence-corrected chi connectivity index (χ2v) is 11.3. The second-order valence-electron chi connectivity index (χ2n) is 10.9. The number of hydrogen-bond acceptors (Lipinski definition) is 6. The molecule has 2 N–H and O–H groups in total. The molecule has 39 heavy (non-hydrogen) atoms. The number of hydrogen-bond donors (Lipinski definition) is 2. The summed E-state index contributed by atoms with van der Waals surface area (Å²) in [6, 6.07) is 15.4. The fourth-order valence-corrected chi connectivity index (χ4v) is 5.96. The molecule has 1 spiro atoms. The summed E-state index contributed by atoms with van der Waals surface area (Å²) < 4.78 is 12.3. The lowest BCUT2D eigenvalue weighted by atomic mass is 9.82. The van der Waals surface area contributed by atoms with Gasteiger partial charge in [0.25, 0.3) is 0 Å². The van der Waals surface area contributed by atoms with Gasteiger partial charge in [-0.3, -0.25) is 9.88 Å². The quantitative estimate of drug-likeness (QED) is 0.424. The van der Waals surface area contributed by atoms with Crippen molar-refractivity contribution < 1.29 is 19.4 Å². The summed E-state index contributed by atoms with van der Waals surface area (Å²) in [6.07, 6.45) is 5.56. The third-order valence-electron chi connectivity index (χ3n) is 7.88. The van der Waals surface area contributed by atoms with Crippen molar-refractivity contribution >= 4 is 29.0 Å². The second kappa shape index (κ2) is 9.97. The Balaban J connectivity index is 1.36. The van der Waals surface area contributed by atoms with E-state index in [0.29, 0.717) is 37.4 Å². The van der Waals surface area contributed by atoms with Crippen molar-refractivity contribution in [2.24, 2.45) is 0 Å². The highest BCUT2D eigenvalue weighted by Crippen LogP contribution is 2.46. The van der Waals surface area contributed by atoms with Crippen molar-refractivity contribution in [2.75, 3.05) is 24.5 Å². The van der Waals surface area contributed by atoms with Crippen LogP contribution in [-0.2, 0) is 22.5 Å². The summed E-state index contributed by atoms with van der Waals surface area (Å²) in [5.74, 6) is 0.734. The summed E-state index contributed by atoms with van der Waals surface area (Å²) in [6.45, 7) is 5.89. The number of anilines is 1. The number of amides is 1. The van der Waals surface area contributed by atoms with E-state index in [9.17, 15) is 9.90 Å². The predicted molar refractivity (Wildman–Crippen MR) is 151 cm³/mol. The van der Waals surface area contributed by atoms with Crippen LogP contribution < -0.4 is 15.0 Å². The van der Waals surface area contributed by atoms with Gasteiger partial charge in [0.15, 0.2) is 0 Å². The smallest absolute Gasteiger partial charge is 0.415 e. The molecule has 6 rings (SSSR count). The zero-order chi connectivity index (χ0) is 27.2. The van der Waals surface area contributed by atoms with Gasteiger partial charge in [0, 0.05) is 47.3 Å². The molecule has 1 saturated heterocycles. The van der Waals surface area contributed by atoms with Crippen LogP contribution in [0.1, 0.15) is 61.1 Å². The van der Waals surface area contributed by atoms with Crippen molar-refractivity contribution in [3.63, 3.8) is 0 Å². The lowest BCUT2D eigenvalue weighted by Crippen LogP contribution is -2.50. The monoisotopic (exact) mass is 545 g/mol. The first-order chi connectivity index (χ1) is 18.7. The van der Waals surface area contributed by atoms with Crippen molar-refractivity contribution in [2.45, 2.75) is 50.9 Å². The van der Waals surface area contributed by atoms with Crippen LogP contribution in [0.15, 0.2) is 60.8 Å². The van der Waals surface area contributed by atoms with Crippen LogP contribution in [0.4, 0.5) is 10.5 Å². The van der Waals surface area contributed by atoms with E-state index in [0.717, 1.165) is 58.0 Å². The van der Waals surface area contributed by atoms with E-state index in [2.05, 4.69) is 16.4 Å². The van der Waals surface area contributed by atoms with Gasteiger partial charge in [-0.15, -0.1) is 0 Å². The molecule has 1 fully saturated rings. The number of pyridine rings is 1. The molecule has 7 nitrogen and oxygen atoms in total. The Hall–Kier alpha value is -3.39. The van der Waals surface area contributed by atoms with Gasteiger partial charge in [0.2, 0.25) is 0 Å². The molecule has 0 radical (unpaired) electrons. The van der Waals surface area contributed by atoms with Crippen LogP contribution in [0.2, 0.25) is 5.02 Å². The van der Waals surface area contributed by atoms with Crippen LogP contribution in [0, 0.1) is 0 Å². The predicted octanol–water partition coefficient (Wildman–Crippen LogP) is 5.91. The number of benzene rings is 2. The third kappa shape index (κ3) is 4.80. The average Bonchev–Trinajstić information content (AvgIpc) is 3.07. The van der Waals surface area contributed by atoms with E-state index >= 15 is 0 Å². The Kier molecular flexibility index (Phi) is 6.61. The van der Waals surface area contributed by atoms with Crippen LogP contribution in [0.25, 0.3) is 5.57 Å². The van der Waals surface area contributed by atoms with Crippen LogP contribution in [-0.4, -0.2) is 35.8 Å². The Morgan fingerprint density at radius 3 is 2.77 bits per heavy atom. The highest BCUT2D eigenvalue weighted by molar-refractivity contribution is 6.30. The Morgan fingerprint density at radius 2 is 1.97 bits per heavy atom. The lowest BCUT2D eigenvalue weighted by molar-refractivity contribution is -0.0177. The zero-order valence-electron chi connectivity index (χ0n) is 22.2. The van der Waals surface area contributed by atoms with E-state index in [1.807, 2.05) is 48.5 Å². The minimum Gasteiger partial charge on any atom is -0.487 e. The molecule has 0 bridgehead atoms. The Morgan fingerprint density at radius 1 is 1.15 bits per heavy atom. The largest absolute Gasteiger partial charge is 0.487 e. The standard InChI is InChI=1S/C31H32ClN3O4/c1-30(2,37)20-7-10-28-24(17-20)22(23-5-3-13-34-26(23)19-38-28)6-4-16-35-27-9-8-21(32)18-25(27)31(39-29(35)36)11-14-33-15-12-31/h3,5-10,13,17-18,33,37H,4,11-12,14-16,19H2,1-2H3/b22-6-. The molecule has 1 aromatic heterocycles. The number of ether oxygens (including phenoxy) is 2. The number of carbonyl (C=O) groups is 1. The number of rotatable bonds is 4. The molecule has 3 aliphatic rings. The normalized spacial score (nSPS) is 19.0. The molecule has 0 unspecified atom stereocenters. The van der Waals surface area contributed by atoms with E-state index in [1.54, 1.807) is 24.9 Å². The zero-order valence-corrected chi connectivity index (χ0v) is 22.9. The molecule has 4 heterocycles. The average molecular weight is 546 g/mol. The number of fused-ring (bicyclic) bond motifs is 4. The van der Waals surface area contributed by atoms with Gasteiger partial charge in [-0.25, -0.2) is 4.79 Å². The molecule has 0 aliphatic carbocycles. The number of halogens is 1. The molecule has 202 valence electrons. The first-order valence-corrected chi connectivity index (χ1v) is 13.8. The fraction of sp³-hybridized carbons (Fsp3) is 0.355. The van der Waals surface area contributed by atoms with Crippen molar-refractivity contribution in [1.82, 2.24) is 10.3 Å². The molecular formula is C31H32ClN3O4. The Bertz CT molecular complexity index is 1460. The SMILES string of the molecule is CC(C)(O)c1ccc2c(c1)/C(=C\CCN1C(=O)OC3(CCNCC3)c3cc(Cl)ccc31)c1cccnc1CO2. The van der Waals surface area contributed by atoms with Gasteiger partial charge in [-0.1, -0.05) is 29.8 Å². The molecule has 3 aliphatic heterocycles. The molecule has 0 atom stereocenters.